The molecule has 0 fully saturated rings. The Morgan fingerprint density at radius 3 is 2.83 bits per heavy atom. The number of hydrogen-bond donors (Lipinski definition) is 1. The van der Waals surface area contributed by atoms with E-state index >= 15 is 0 Å². The number of carbonyl (C=O) groups is 2. The molecule has 126 valence electrons. The number of nitrogens with zero attached hydrogens (tertiary/aromatic N) is 3. The molecule has 2 amide bonds. The molecule has 0 saturated carbocycles. The number of thiophene rings is 1. The van der Waals surface area contributed by atoms with E-state index < -0.39 is 0 Å². The molecule has 0 bridgehead atoms. The molecule has 6 nitrogen and oxygen atoms in total. The van der Waals surface area contributed by atoms with Gasteiger partial charge in [0, 0.05) is 7.05 Å². The van der Waals surface area contributed by atoms with Crippen molar-refractivity contribution in [3.05, 3.63) is 26.5 Å². The molecule has 2 rings (SSSR count). The largest absolute Gasteiger partial charge is 0.332 e. The molecule has 0 aliphatic rings. The number of nitriles is 1. The molecular weight excluding hydrogens is 432 g/mol. The quantitative estimate of drug-likeness (QED) is 0.687. The Morgan fingerprint density at radius 1 is 1.46 bits per heavy atom. The maximum atomic E-state index is 12.2. The highest BCUT2D eigenvalue weighted by atomic mass is 79.9. The Kier molecular flexibility index (Phi) is 6.79. The van der Waals surface area contributed by atoms with Gasteiger partial charge in [0.25, 0.3) is 5.91 Å². The fourth-order valence-electron chi connectivity index (χ4n) is 1.73. The Balaban J connectivity index is 1.93. The summed E-state index contributed by atoms with van der Waals surface area (Å²) in [5.74, 6) is -0.183. The first-order valence-corrected chi connectivity index (χ1v) is 10.1. The predicted octanol–water partition coefficient (Wildman–Crippen LogP) is 3.60. The first-order valence-electron chi connectivity index (χ1n) is 6.68. The van der Waals surface area contributed by atoms with Crippen molar-refractivity contribution in [2.24, 2.45) is 0 Å². The number of aryl methyl sites for hydroxylation is 1. The minimum Gasteiger partial charge on any atom is -0.332 e. The van der Waals surface area contributed by atoms with E-state index in [0.717, 1.165) is 13.7 Å². The summed E-state index contributed by atoms with van der Waals surface area (Å²) < 4.78 is 1.77. The Bertz CT molecular complexity index is 796. The number of halogens is 1. The van der Waals surface area contributed by atoms with Gasteiger partial charge in [-0.25, -0.2) is 4.98 Å². The van der Waals surface area contributed by atoms with E-state index in [0.29, 0.717) is 15.8 Å². The number of nitrogens with one attached hydrogen (secondary N) is 1. The van der Waals surface area contributed by atoms with Crippen molar-refractivity contribution in [3.63, 3.8) is 0 Å². The lowest BCUT2D eigenvalue weighted by atomic mass is 10.4. The molecule has 0 atom stereocenters. The average Bonchev–Trinajstić information content (AvgIpc) is 3.10. The van der Waals surface area contributed by atoms with E-state index in [4.69, 9.17) is 5.26 Å². The minimum atomic E-state index is -0.313. The first-order chi connectivity index (χ1) is 11.4. The number of thioether (sulfide) groups is 1. The zero-order chi connectivity index (χ0) is 17.7. The molecule has 0 radical (unpaired) electrons. The molecule has 2 aromatic heterocycles. The van der Waals surface area contributed by atoms with Crippen LogP contribution >= 0.6 is 50.4 Å². The Hall–Kier alpha value is -1.41. The molecule has 2 aromatic rings. The highest BCUT2D eigenvalue weighted by Gasteiger charge is 2.18. The SMILES string of the molecule is Cc1nc(NC(=O)CN(C)C(=O)c2ccc(Br)s2)sc1SCC#N. The summed E-state index contributed by atoms with van der Waals surface area (Å²) in [6.45, 7) is 1.77. The lowest BCUT2D eigenvalue weighted by molar-refractivity contribution is -0.116. The van der Waals surface area contributed by atoms with Crippen LogP contribution in [0.2, 0.25) is 0 Å². The molecule has 0 aliphatic heterocycles. The fraction of sp³-hybridized carbons (Fsp3) is 0.286. The van der Waals surface area contributed by atoms with Crippen molar-refractivity contribution < 1.29 is 9.59 Å². The molecule has 10 heteroatoms. The number of amides is 2. The van der Waals surface area contributed by atoms with Gasteiger partial charge in [-0.15, -0.1) is 11.3 Å². The van der Waals surface area contributed by atoms with Crippen LogP contribution in [0.5, 0.6) is 0 Å². The molecule has 1 N–H and O–H groups in total. The van der Waals surface area contributed by atoms with Crippen molar-refractivity contribution in [1.82, 2.24) is 9.88 Å². The molecule has 0 aromatic carbocycles. The number of anilines is 1. The van der Waals surface area contributed by atoms with Crippen LogP contribution in [0.4, 0.5) is 5.13 Å². The third kappa shape index (κ3) is 5.04. The average molecular weight is 445 g/mol. The summed E-state index contributed by atoms with van der Waals surface area (Å²) in [4.78, 5) is 30.5. The normalized spacial score (nSPS) is 10.2. The highest BCUT2D eigenvalue weighted by Crippen LogP contribution is 2.31. The number of aromatic nitrogens is 1. The Labute approximate surface area is 160 Å². The second kappa shape index (κ2) is 8.62. The van der Waals surface area contributed by atoms with Gasteiger partial charge in [0.2, 0.25) is 5.91 Å². The molecular formula is C14H13BrN4O2S3. The summed E-state index contributed by atoms with van der Waals surface area (Å²) in [5, 5.41) is 11.8. The Morgan fingerprint density at radius 2 is 2.21 bits per heavy atom. The number of rotatable bonds is 6. The number of hydrogen-bond acceptors (Lipinski definition) is 7. The molecule has 0 saturated heterocycles. The van der Waals surface area contributed by atoms with E-state index in [9.17, 15) is 9.59 Å². The number of likely N-dealkylation sites (N-methyl/N-ethyl adjacent to an activating group) is 1. The van der Waals surface area contributed by atoms with Gasteiger partial charge in [-0.2, -0.15) is 5.26 Å². The third-order valence-electron chi connectivity index (χ3n) is 2.78. The predicted molar refractivity (Wildman–Crippen MR) is 101 cm³/mol. The van der Waals surface area contributed by atoms with Crippen molar-refractivity contribution in [3.8, 4) is 6.07 Å². The second-order valence-corrected chi connectivity index (χ2v) is 9.36. The molecule has 0 spiro atoms. The second-order valence-electron chi connectivity index (χ2n) is 4.65. The minimum absolute atomic E-state index is 0.0619. The molecule has 0 aliphatic carbocycles. The third-order valence-corrected chi connectivity index (χ3v) is 6.69. The molecule has 2 heterocycles. The van der Waals surface area contributed by atoms with Gasteiger partial charge in [0.05, 0.1) is 36.9 Å². The van der Waals surface area contributed by atoms with Gasteiger partial charge in [0.1, 0.15) is 0 Å². The standard InChI is InChI=1S/C14H13BrN4O2S3/c1-8-13(22-6-5-16)24-14(17-8)18-11(20)7-19(2)12(21)9-3-4-10(15)23-9/h3-4H,6-7H2,1-2H3,(H,17,18,20). The van der Waals surface area contributed by atoms with Crippen LogP contribution in [0.3, 0.4) is 0 Å². The van der Waals surface area contributed by atoms with Gasteiger partial charge in [0.15, 0.2) is 5.13 Å². The van der Waals surface area contributed by atoms with Crippen LogP contribution < -0.4 is 5.32 Å². The van der Waals surface area contributed by atoms with Crippen LogP contribution in [-0.2, 0) is 4.79 Å². The van der Waals surface area contributed by atoms with Crippen molar-refractivity contribution >= 4 is 67.3 Å². The van der Waals surface area contributed by atoms with Gasteiger partial charge >= 0.3 is 0 Å². The van der Waals surface area contributed by atoms with Crippen LogP contribution in [-0.4, -0.2) is 41.0 Å². The van der Waals surface area contributed by atoms with E-state index in [1.54, 1.807) is 19.2 Å². The zero-order valence-electron chi connectivity index (χ0n) is 12.8. The van der Waals surface area contributed by atoms with Crippen LogP contribution in [0.25, 0.3) is 0 Å². The van der Waals surface area contributed by atoms with Gasteiger partial charge in [-0.05, 0) is 35.0 Å². The fourth-order valence-corrected chi connectivity index (χ4v) is 4.93. The van der Waals surface area contributed by atoms with E-state index in [-0.39, 0.29) is 18.4 Å². The molecule has 0 unspecified atom stereocenters. The van der Waals surface area contributed by atoms with Crippen LogP contribution in [0, 0.1) is 18.3 Å². The topological polar surface area (TPSA) is 86.1 Å². The van der Waals surface area contributed by atoms with Gasteiger partial charge in [-0.3, -0.25) is 9.59 Å². The van der Waals surface area contributed by atoms with E-state index in [1.807, 2.05) is 6.92 Å². The van der Waals surface area contributed by atoms with Crippen LogP contribution in [0.1, 0.15) is 15.4 Å². The number of carbonyl (C=O) groups excluding carboxylic acids is 2. The maximum absolute atomic E-state index is 12.2. The maximum Gasteiger partial charge on any atom is 0.264 e. The molecule has 24 heavy (non-hydrogen) atoms. The monoisotopic (exact) mass is 444 g/mol. The summed E-state index contributed by atoms with van der Waals surface area (Å²) >= 11 is 7.35. The van der Waals surface area contributed by atoms with E-state index in [2.05, 4.69) is 32.3 Å². The first kappa shape index (κ1) is 18.9. The smallest absolute Gasteiger partial charge is 0.264 e. The zero-order valence-corrected chi connectivity index (χ0v) is 16.9. The van der Waals surface area contributed by atoms with Crippen LogP contribution in [0.15, 0.2) is 20.1 Å². The van der Waals surface area contributed by atoms with E-state index in [1.165, 1.54) is 39.3 Å². The summed E-state index contributed by atoms with van der Waals surface area (Å²) in [7, 11) is 1.58. The van der Waals surface area contributed by atoms with Crippen molar-refractivity contribution in [1.29, 1.82) is 5.26 Å². The lowest BCUT2D eigenvalue weighted by Crippen LogP contribution is -2.34. The van der Waals surface area contributed by atoms with Crippen molar-refractivity contribution in [2.75, 3.05) is 24.7 Å². The highest BCUT2D eigenvalue weighted by molar-refractivity contribution is 9.11. The summed E-state index contributed by atoms with van der Waals surface area (Å²) in [6, 6.07) is 5.57. The van der Waals surface area contributed by atoms with Gasteiger partial charge < -0.3 is 10.2 Å². The van der Waals surface area contributed by atoms with Crippen molar-refractivity contribution in [2.45, 2.75) is 11.1 Å². The number of thiazole rings is 1. The van der Waals surface area contributed by atoms with Gasteiger partial charge in [-0.1, -0.05) is 23.1 Å². The lowest BCUT2D eigenvalue weighted by Gasteiger charge is -2.15. The summed E-state index contributed by atoms with van der Waals surface area (Å²) in [5.41, 5.74) is 0.781. The summed E-state index contributed by atoms with van der Waals surface area (Å²) in [6.07, 6.45) is 0.